The number of methoxy groups -OCH3 is 1. The molecule has 9 heteroatoms. The van der Waals surface area contributed by atoms with Crippen LogP contribution in [0, 0.1) is 3.95 Å². The van der Waals surface area contributed by atoms with Crippen LogP contribution < -0.4 is 10.6 Å². The predicted molar refractivity (Wildman–Crippen MR) is 89.3 cm³/mol. The molecule has 0 spiro atoms. The van der Waals surface area contributed by atoms with Gasteiger partial charge in [0.05, 0.1) is 18.0 Å². The summed E-state index contributed by atoms with van der Waals surface area (Å²) in [6.07, 6.45) is 0. The van der Waals surface area contributed by atoms with E-state index < -0.39 is 11.9 Å². The van der Waals surface area contributed by atoms with Gasteiger partial charge in [0.15, 0.2) is 3.95 Å². The standard InChI is InChI=1S/C14H9BrN2O4S2/c1-21-9(18)5-17-13(20)11(23-14(17)22)10-7-4-6(15)2-3-8(7)16-12(10)19/h2-4,20H,5H2,1H3. The van der Waals surface area contributed by atoms with Crippen molar-refractivity contribution in [1.82, 2.24) is 4.57 Å². The molecule has 1 aromatic heterocycles. The highest BCUT2D eigenvalue weighted by molar-refractivity contribution is 9.10. The van der Waals surface area contributed by atoms with Crippen LogP contribution in [0.25, 0.3) is 5.57 Å². The molecular weight excluding hydrogens is 404 g/mol. The summed E-state index contributed by atoms with van der Waals surface area (Å²) in [5, 5.41) is 11.5. The summed E-state index contributed by atoms with van der Waals surface area (Å²) in [4.78, 5) is 27.9. The lowest BCUT2D eigenvalue weighted by Gasteiger charge is -2.03. The first-order valence-corrected chi connectivity index (χ1v) is 8.37. The number of fused-ring (bicyclic) bond motifs is 1. The molecule has 1 aliphatic heterocycles. The number of hydrogen-bond donors (Lipinski definition) is 1. The number of aromatic nitrogens is 1. The van der Waals surface area contributed by atoms with Crippen molar-refractivity contribution in [3.8, 4) is 5.88 Å². The van der Waals surface area contributed by atoms with E-state index in [1.807, 2.05) is 0 Å². The number of nitrogens with zero attached hydrogens (tertiary/aromatic N) is 2. The van der Waals surface area contributed by atoms with E-state index in [0.29, 0.717) is 15.5 Å². The SMILES string of the molecule is COC(=O)Cn1c(O)c(C2=c3cc(Br)ccc3=NC2=O)sc1=S. The molecule has 6 nitrogen and oxygen atoms in total. The lowest BCUT2D eigenvalue weighted by Crippen LogP contribution is -2.22. The Morgan fingerprint density at radius 2 is 2.26 bits per heavy atom. The molecule has 0 fully saturated rings. The quantitative estimate of drug-likeness (QED) is 0.606. The number of rotatable bonds is 3. The zero-order valence-corrected chi connectivity index (χ0v) is 14.9. The van der Waals surface area contributed by atoms with Gasteiger partial charge in [0.25, 0.3) is 5.91 Å². The number of hydrogen-bond acceptors (Lipinski definition) is 6. The van der Waals surface area contributed by atoms with Gasteiger partial charge in [-0.3, -0.25) is 14.2 Å². The van der Waals surface area contributed by atoms with Crippen LogP contribution in [0.3, 0.4) is 0 Å². The molecule has 3 rings (SSSR count). The van der Waals surface area contributed by atoms with Crippen LogP contribution in [0.4, 0.5) is 0 Å². The van der Waals surface area contributed by atoms with Crippen molar-refractivity contribution in [1.29, 1.82) is 0 Å². The first kappa shape index (κ1) is 16.0. The van der Waals surface area contributed by atoms with E-state index in [4.69, 9.17) is 12.2 Å². The van der Waals surface area contributed by atoms with Crippen molar-refractivity contribution in [3.05, 3.63) is 42.1 Å². The summed E-state index contributed by atoms with van der Waals surface area (Å²) in [5.41, 5.74) is 0.276. The number of thiazole rings is 1. The number of ether oxygens (including phenoxy) is 1. The summed E-state index contributed by atoms with van der Waals surface area (Å²) in [6.45, 7) is -0.221. The van der Waals surface area contributed by atoms with Gasteiger partial charge in [-0.1, -0.05) is 15.9 Å². The second kappa shape index (κ2) is 5.99. The molecule has 0 bridgehead atoms. The molecule has 1 aromatic carbocycles. The van der Waals surface area contributed by atoms with Gasteiger partial charge in [-0.2, -0.15) is 0 Å². The molecule has 0 saturated heterocycles. The van der Waals surface area contributed by atoms with Crippen LogP contribution in [0.2, 0.25) is 0 Å². The van der Waals surface area contributed by atoms with Gasteiger partial charge in [-0.25, -0.2) is 4.99 Å². The minimum Gasteiger partial charge on any atom is -0.493 e. The number of benzene rings is 1. The van der Waals surface area contributed by atoms with Gasteiger partial charge in [0.1, 0.15) is 11.4 Å². The molecule has 2 heterocycles. The Hall–Kier alpha value is -1.84. The van der Waals surface area contributed by atoms with Crippen molar-refractivity contribution in [2.45, 2.75) is 6.54 Å². The van der Waals surface area contributed by atoms with E-state index in [9.17, 15) is 14.7 Å². The Labute approximate surface area is 147 Å². The molecule has 0 saturated carbocycles. The van der Waals surface area contributed by atoms with Gasteiger partial charge in [0.2, 0.25) is 5.88 Å². The Kier molecular flexibility index (Phi) is 4.17. The molecule has 118 valence electrons. The third-order valence-corrected chi connectivity index (χ3v) is 5.22. The summed E-state index contributed by atoms with van der Waals surface area (Å²) < 4.78 is 6.87. The third kappa shape index (κ3) is 2.75. The fourth-order valence-corrected chi connectivity index (χ4v) is 3.90. The first-order valence-electron chi connectivity index (χ1n) is 6.35. The highest BCUT2D eigenvalue weighted by Gasteiger charge is 2.26. The fraction of sp³-hybridized carbons (Fsp3) is 0.143. The Bertz CT molecular complexity index is 1020. The van der Waals surface area contributed by atoms with Crippen molar-refractivity contribution in [2.24, 2.45) is 4.99 Å². The van der Waals surface area contributed by atoms with Crippen molar-refractivity contribution >= 4 is 56.9 Å². The molecule has 2 aromatic rings. The normalized spacial score (nSPS) is 13.0. The van der Waals surface area contributed by atoms with Crippen LogP contribution >= 0.6 is 39.5 Å². The van der Waals surface area contributed by atoms with E-state index in [0.717, 1.165) is 15.8 Å². The summed E-state index contributed by atoms with van der Waals surface area (Å²) >= 11 is 9.58. The highest BCUT2D eigenvalue weighted by atomic mass is 79.9. The second-order valence-corrected chi connectivity index (χ2v) is 7.20. The molecule has 0 unspecified atom stereocenters. The maximum atomic E-state index is 12.2. The smallest absolute Gasteiger partial charge is 0.325 e. The molecular formula is C14H9BrN2O4S2. The van der Waals surface area contributed by atoms with E-state index in [1.54, 1.807) is 18.2 Å². The van der Waals surface area contributed by atoms with Gasteiger partial charge in [-0.05, 0) is 30.4 Å². The highest BCUT2D eigenvalue weighted by Crippen LogP contribution is 2.32. The van der Waals surface area contributed by atoms with Crippen LogP contribution in [0.15, 0.2) is 27.7 Å². The molecule has 0 radical (unpaired) electrons. The van der Waals surface area contributed by atoms with Crippen LogP contribution in [-0.2, 0) is 20.9 Å². The second-order valence-electron chi connectivity index (χ2n) is 4.64. The third-order valence-electron chi connectivity index (χ3n) is 3.27. The zero-order chi connectivity index (χ0) is 16.7. The molecule has 1 aliphatic rings. The molecule has 0 atom stereocenters. The van der Waals surface area contributed by atoms with Crippen LogP contribution in [0.5, 0.6) is 5.88 Å². The zero-order valence-electron chi connectivity index (χ0n) is 11.7. The lowest BCUT2D eigenvalue weighted by molar-refractivity contribution is -0.141. The maximum Gasteiger partial charge on any atom is 0.325 e. The molecule has 23 heavy (non-hydrogen) atoms. The van der Waals surface area contributed by atoms with Crippen molar-refractivity contribution < 1.29 is 19.4 Å². The number of aromatic hydroxyl groups is 1. The van der Waals surface area contributed by atoms with E-state index in [2.05, 4.69) is 25.7 Å². The number of carbonyl (C=O) groups is 2. The number of amides is 1. The maximum absolute atomic E-state index is 12.2. The molecule has 1 N–H and O–H groups in total. The Morgan fingerprint density at radius 1 is 1.52 bits per heavy atom. The lowest BCUT2D eigenvalue weighted by atomic mass is 10.1. The van der Waals surface area contributed by atoms with Gasteiger partial charge >= 0.3 is 5.97 Å². The minimum absolute atomic E-state index is 0.221. The number of carbonyl (C=O) groups excluding carboxylic acids is 2. The summed E-state index contributed by atoms with van der Waals surface area (Å²) in [5.74, 6) is -1.23. The largest absolute Gasteiger partial charge is 0.493 e. The monoisotopic (exact) mass is 412 g/mol. The average Bonchev–Trinajstić information content (AvgIpc) is 2.97. The fourth-order valence-electron chi connectivity index (χ4n) is 2.20. The predicted octanol–water partition coefficient (Wildman–Crippen LogP) is 1.28. The summed E-state index contributed by atoms with van der Waals surface area (Å²) in [6, 6.07) is 5.25. The Balaban J connectivity index is 2.25. The summed E-state index contributed by atoms with van der Waals surface area (Å²) in [7, 11) is 1.25. The number of halogens is 1. The number of esters is 1. The average molecular weight is 413 g/mol. The molecule has 1 amide bonds. The first-order chi connectivity index (χ1) is 10.9. The van der Waals surface area contributed by atoms with Gasteiger partial charge < -0.3 is 9.84 Å². The topological polar surface area (TPSA) is 80.9 Å². The van der Waals surface area contributed by atoms with Gasteiger partial charge in [-0.15, -0.1) is 11.3 Å². The molecule has 0 aliphatic carbocycles. The van der Waals surface area contributed by atoms with Crippen LogP contribution in [-0.4, -0.2) is 28.7 Å². The van der Waals surface area contributed by atoms with Crippen molar-refractivity contribution in [2.75, 3.05) is 7.11 Å². The van der Waals surface area contributed by atoms with E-state index in [1.165, 1.54) is 11.7 Å². The minimum atomic E-state index is -0.545. The Morgan fingerprint density at radius 3 is 2.96 bits per heavy atom. The van der Waals surface area contributed by atoms with Gasteiger partial charge in [0, 0.05) is 9.69 Å². The van der Waals surface area contributed by atoms with E-state index >= 15 is 0 Å². The van der Waals surface area contributed by atoms with Crippen LogP contribution in [0.1, 0.15) is 4.88 Å². The van der Waals surface area contributed by atoms with Crippen molar-refractivity contribution in [3.63, 3.8) is 0 Å². The van der Waals surface area contributed by atoms with E-state index in [-0.39, 0.29) is 22.0 Å².